The SMILES string of the molecule is CCc1ccc(OC(=O)C=Cc2ccc(OC)c(OC)c2)c(Br)c1. The average molecular weight is 391 g/mol. The third kappa shape index (κ3) is 4.61. The van der Waals surface area contributed by atoms with Crippen LogP contribution in [0.15, 0.2) is 46.9 Å². The zero-order valence-corrected chi connectivity index (χ0v) is 15.4. The highest BCUT2D eigenvalue weighted by atomic mass is 79.9. The Morgan fingerprint density at radius 3 is 2.38 bits per heavy atom. The van der Waals surface area contributed by atoms with E-state index in [1.807, 2.05) is 18.2 Å². The van der Waals surface area contributed by atoms with E-state index >= 15 is 0 Å². The smallest absolute Gasteiger partial charge is 0.336 e. The highest BCUT2D eigenvalue weighted by Crippen LogP contribution is 2.28. The second-order valence-electron chi connectivity index (χ2n) is 4.99. The molecule has 0 spiro atoms. The Hall–Kier alpha value is -2.27. The number of carbonyl (C=O) groups is 1. The highest BCUT2D eigenvalue weighted by molar-refractivity contribution is 9.10. The van der Waals surface area contributed by atoms with Crippen LogP contribution in [0.2, 0.25) is 0 Å². The van der Waals surface area contributed by atoms with Crippen LogP contribution in [0.5, 0.6) is 17.2 Å². The number of esters is 1. The summed E-state index contributed by atoms with van der Waals surface area (Å²) in [6.07, 6.45) is 3.96. The van der Waals surface area contributed by atoms with Crippen molar-refractivity contribution in [2.75, 3.05) is 14.2 Å². The number of hydrogen-bond acceptors (Lipinski definition) is 4. The van der Waals surface area contributed by atoms with Gasteiger partial charge in [-0.05, 0) is 63.8 Å². The van der Waals surface area contributed by atoms with Gasteiger partial charge in [-0.2, -0.15) is 0 Å². The number of halogens is 1. The molecular weight excluding hydrogens is 372 g/mol. The van der Waals surface area contributed by atoms with Gasteiger partial charge in [-0.25, -0.2) is 4.79 Å². The van der Waals surface area contributed by atoms with Gasteiger partial charge in [-0.15, -0.1) is 0 Å². The van der Waals surface area contributed by atoms with Crippen molar-refractivity contribution in [2.24, 2.45) is 0 Å². The van der Waals surface area contributed by atoms with Crippen LogP contribution in [0.4, 0.5) is 0 Å². The van der Waals surface area contributed by atoms with Crippen LogP contribution in [-0.4, -0.2) is 20.2 Å². The van der Waals surface area contributed by atoms with E-state index in [-0.39, 0.29) is 0 Å². The number of benzene rings is 2. The molecular formula is C19H19BrO4. The van der Waals surface area contributed by atoms with Crippen LogP contribution >= 0.6 is 15.9 Å². The number of rotatable bonds is 6. The maximum absolute atomic E-state index is 12.0. The molecule has 0 radical (unpaired) electrons. The maximum Gasteiger partial charge on any atom is 0.336 e. The normalized spacial score (nSPS) is 10.7. The number of ether oxygens (including phenoxy) is 3. The lowest BCUT2D eigenvalue weighted by Gasteiger charge is -2.08. The largest absolute Gasteiger partial charge is 0.493 e. The van der Waals surface area contributed by atoms with Gasteiger partial charge >= 0.3 is 5.97 Å². The predicted octanol–water partition coefficient (Wildman–Crippen LogP) is 4.65. The van der Waals surface area contributed by atoms with E-state index in [0.717, 1.165) is 16.5 Å². The third-order valence-electron chi connectivity index (χ3n) is 3.43. The van der Waals surface area contributed by atoms with Crippen molar-refractivity contribution in [3.8, 4) is 17.2 Å². The minimum absolute atomic E-state index is 0.449. The van der Waals surface area contributed by atoms with Crippen molar-refractivity contribution in [3.05, 3.63) is 58.1 Å². The minimum atomic E-state index is -0.449. The Labute approximate surface area is 150 Å². The van der Waals surface area contributed by atoms with Crippen molar-refractivity contribution < 1.29 is 19.0 Å². The molecule has 0 N–H and O–H groups in total. The fourth-order valence-electron chi connectivity index (χ4n) is 2.11. The second kappa shape index (κ2) is 8.55. The van der Waals surface area contributed by atoms with Crippen LogP contribution in [0.3, 0.4) is 0 Å². The minimum Gasteiger partial charge on any atom is -0.493 e. The Morgan fingerprint density at radius 2 is 1.75 bits per heavy atom. The molecule has 2 rings (SSSR count). The molecule has 24 heavy (non-hydrogen) atoms. The third-order valence-corrected chi connectivity index (χ3v) is 4.05. The lowest BCUT2D eigenvalue weighted by molar-refractivity contribution is -0.128. The van der Waals surface area contributed by atoms with Crippen LogP contribution < -0.4 is 14.2 Å². The van der Waals surface area contributed by atoms with Crippen LogP contribution in [0.1, 0.15) is 18.1 Å². The molecule has 0 saturated carbocycles. The molecule has 0 fully saturated rings. The first-order chi connectivity index (χ1) is 11.6. The Kier molecular flexibility index (Phi) is 6.44. The summed E-state index contributed by atoms with van der Waals surface area (Å²) in [5.74, 6) is 1.28. The van der Waals surface area contributed by atoms with E-state index in [0.29, 0.717) is 17.2 Å². The van der Waals surface area contributed by atoms with E-state index < -0.39 is 5.97 Å². The second-order valence-corrected chi connectivity index (χ2v) is 5.84. The van der Waals surface area contributed by atoms with E-state index in [1.165, 1.54) is 11.6 Å². The summed E-state index contributed by atoms with van der Waals surface area (Å²) in [5.41, 5.74) is 1.98. The molecule has 0 aliphatic carbocycles. The van der Waals surface area contributed by atoms with E-state index in [1.54, 1.807) is 38.5 Å². The standard InChI is InChI=1S/C19H19BrO4/c1-4-13-5-8-16(15(20)11-13)24-19(21)10-7-14-6-9-17(22-2)18(12-14)23-3/h5-12H,4H2,1-3H3. The number of aryl methyl sites for hydroxylation is 1. The molecule has 0 aromatic heterocycles. The lowest BCUT2D eigenvalue weighted by Crippen LogP contribution is -2.04. The molecule has 2 aromatic carbocycles. The molecule has 0 unspecified atom stereocenters. The molecule has 2 aromatic rings. The first-order valence-corrected chi connectivity index (χ1v) is 8.27. The first kappa shape index (κ1) is 18.1. The summed E-state index contributed by atoms with van der Waals surface area (Å²) in [5, 5.41) is 0. The number of carbonyl (C=O) groups excluding carboxylic acids is 1. The van der Waals surface area contributed by atoms with Crippen LogP contribution in [-0.2, 0) is 11.2 Å². The summed E-state index contributed by atoms with van der Waals surface area (Å²) in [6.45, 7) is 2.07. The van der Waals surface area contributed by atoms with E-state index in [2.05, 4.69) is 22.9 Å². The van der Waals surface area contributed by atoms with Gasteiger partial charge in [0.15, 0.2) is 11.5 Å². The van der Waals surface area contributed by atoms with Crippen molar-refractivity contribution in [1.82, 2.24) is 0 Å². The van der Waals surface area contributed by atoms with Gasteiger partial charge < -0.3 is 14.2 Å². The monoisotopic (exact) mass is 390 g/mol. The fraction of sp³-hybridized carbons (Fsp3) is 0.211. The zero-order chi connectivity index (χ0) is 17.5. The zero-order valence-electron chi connectivity index (χ0n) is 13.8. The molecule has 0 aliphatic heterocycles. The molecule has 0 saturated heterocycles. The quantitative estimate of drug-likeness (QED) is 0.409. The number of methoxy groups -OCH3 is 2. The van der Waals surface area contributed by atoms with Crippen molar-refractivity contribution in [2.45, 2.75) is 13.3 Å². The van der Waals surface area contributed by atoms with Gasteiger partial charge in [0.2, 0.25) is 0 Å². The van der Waals surface area contributed by atoms with Gasteiger partial charge in [-0.1, -0.05) is 19.1 Å². The van der Waals surface area contributed by atoms with Crippen LogP contribution in [0.25, 0.3) is 6.08 Å². The molecule has 5 heteroatoms. The van der Waals surface area contributed by atoms with Crippen LogP contribution in [0, 0.1) is 0 Å². The summed E-state index contributed by atoms with van der Waals surface area (Å²) >= 11 is 3.42. The van der Waals surface area contributed by atoms with Gasteiger partial charge in [0.05, 0.1) is 18.7 Å². The molecule has 0 aliphatic rings. The van der Waals surface area contributed by atoms with Crippen molar-refractivity contribution in [3.63, 3.8) is 0 Å². The number of hydrogen-bond donors (Lipinski definition) is 0. The lowest BCUT2D eigenvalue weighted by atomic mass is 10.2. The molecule has 0 atom stereocenters. The summed E-state index contributed by atoms with van der Waals surface area (Å²) in [6, 6.07) is 11.1. The maximum atomic E-state index is 12.0. The summed E-state index contributed by atoms with van der Waals surface area (Å²) < 4.78 is 16.5. The molecule has 126 valence electrons. The predicted molar refractivity (Wildman–Crippen MR) is 97.7 cm³/mol. The highest BCUT2D eigenvalue weighted by Gasteiger charge is 2.07. The van der Waals surface area contributed by atoms with E-state index in [4.69, 9.17) is 14.2 Å². The van der Waals surface area contributed by atoms with Gasteiger partial charge in [-0.3, -0.25) is 0 Å². The topological polar surface area (TPSA) is 44.8 Å². The molecule has 0 heterocycles. The Balaban J connectivity index is 2.08. The molecule has 0 bridgehead atoms. The Morgan fingerprint density at radius 1 is 1.04 bits per heavy atom. The van der Waals surface area contributed by atoms with Gasteiger partial charge in [0.1, 0.15) is 5.75 Å². The summed E-state index contributed by atoms with van der Waals surface area (Å²) in [7, 11) is 3.14. The van der Waals surface area contributed by atoms with Crippen molar-refractivity contribution in [1.29, 1.82) is 0 Å². The van der Waals surface area contributed by atoms with E-state index in [9.17, 15) is 4.79 Å². The molecule has 4 nitrogen and oxygen atoms in total. The van der Waals surface area contributed by atoms with Gasteiger partial charge in [0.25, 0.3) is 0 Å². The first-order valence-electron chi connectivity index (χ1n) is 7.47. The Bertz CT molecular complexity index is 753. The van der Waals surface area contributed by atoms with Gasteiger partial charge in [0, 0.05) is 6.08 Å². The average Bonchev–Trinajstić information content (AvgIpc) is 2.61. The molecule has 0 amide bonds. The summed E-state index contributed by atoms with van der Waals surface area (Å²) in [4.78, 5) is 12.0. The fourth-order valence-corrected chi connectivity index (χ4v) is 2.62. The van der Waals surface area contributed by atoms with Crippen molar-refractivity contribution >= 4 is 28.0 Å².